The van der Waals surface area contributed by atoms with Crippen molar-refractivity contribution in [1.29, 1.82) is 0 Å². The minimum absolute atomic E-state index is 0.0705. The molecule has 0 radical (unpaired) electrons. The van der Waals surface area contributed by atoms with Gasteiger partial charge in [0.25, 0.3) is 6.71 Å². The molecule has 0 fully saturated rings. The Labute approximate surface area is 319 Å². The molecular weight excluding hydrogens is 667 g/mol. The minimum atomic E-state index is -2.79. The number of aryl methyl sites for hydroxylation is 2. The Morgan fingerprint density at radius 3 is 1.30 bits per heavy atom. The molecule has 4 heteroatoms. The molecule has 8 aromatic rings. The summed E-state index contributed by atoms with van der Waals surface area (Å²) in [6, 6.07) is 75.2. The number of hydrogen-bond acceptors (Lipinski definition) is 2. The normalized spacial score (nSPS) is 12.9. The van der Waals surface area contributed by atoms with Crippen LogP contribution in [0.2, 0.25) is 0 Å². The standard InChI is InChI=1S/C50H39BN2Si/c1-36-25-29-38(30-26-36)52-46-22-13-12-21-44(46)51-45-34-33-43(35-49(45)53(39-31-27-37(2)28-32-39)48-24-14-23-47(52)50(48)51)54(40-15-6-3-7-16-40,41-17-8-4-9-18-41)42-19-10-5-11-20-42/h3-35H,1-2H3. The zero-order chi connectivity index (χ0) is 36.2. The lowest BCUT2D eigenvalue weighted by atomic mass is 9.33. The smallest absolute Gasteiger partial charge is 0.252 e. The molecular formula is C50H39BN2Si. The number of benzene rings is 8. The Hall–Kier alpha value is -6.36. The van der Waals surface area contributed by atoms with E-state index in [4.69, 9.17) is 0 Å². The van der Waals surface area contributed by atoms with E-state index in [9.17, 15) is 0 Å². The van der Waals surface area contributed by atoms with Gasteiger partial charge in [0.1, 0.15) is 0 Å². The van der Waals surface area contributed by atoms with Gasteiger partial charge < -0.3 is 9.80 Å². The van der Waals surface area contributed by atoms with Crippen LogP contribution in [0.15, 0.2) is 200 Å². The van der Waals surface area contributed by atoms with Gasteiger partial charge in [0, 0.05) is 34.1 Å². The molecule has 256 valence electrons. The van der Waals surface area contributed by atoms with Crippen LogP contribution in [0.25, 0.3) is 0 Å². The minimum Gasteiger partial charge on any atom is -0.311 e. The molecule has 0 atom stereocenters. The highest BCUT2D eigenvalue weighted by atomic mass is 28.3. The van der Waals surface area contributed by atoms with Gasteiger partial charge in [0.2, 0.25) is 0 Å². The summed E-state index contributed by atoms with van der Waals surface area (Å²) >= 11 is 0. The first-order chi connectivity index (χ1) is 26.6. The first-order valence-electron chi connectivity index (χ1n) is 18.9. The van der Waals surface area contributed by atoms with E-state index in [1.807, 2.05) is 0 Å². The molecule has 2 heterocycles. The quantitative estimate of drug-likeness (QED) is 0.129. The van der Waals surface area contributed by atoms with Crippen LogP contribution >= 0.6 is 0 Å². The summed E-state index contributed by atoms with van der Waals surface area (Å²) in [4.78, 5) is 5.00. The summed E-state index contributed by atoms with van der Waals surface area (Å²) < 4.78 is 0. The van der Waals surface area contributed by atoms with Gasteiger partial charge in [-0.2, -0.15) is 0 Å². The van der Waals surface area contributed by atoms with E-state index in [-0.39, 0.29) is 6.71 Å². The van der Waals surface area contributed by atoms with Gasteiger partial charge in [-0.1, -0.05) is 163 Å². The van der Waals surface area contributed by atoms with Gasteiger partial charge in [0.15, 0.2) is 8.07 Å². The van der Waals surface area contributed by atoms with E-state index in [0.717, 1.165) is 5.69 Å². The van der Waals surface area contributed by atoms with Crippen LogP contribution in [0.3, 0.4) is 0 Å². The highest BCUT2D eigenvalue weighted by molar-refractivity contribution is 7.20. The van der Waals surface area contributed by atoms with Gasteiger partial charge in [-0.05, 0) is 99.5 Å². The van der Waals surface area contributed by atoms with E-state index in [2.05, 4.69) is 224 Å². The third-order valence-electron chi connectivity index (χ3n) is 11.5. The predicted molar refractivity (Wildman–Crippen MR) is 234 cm³/mol. The van der Waals surface area contributed by atoms with E-state index in [0.29, 0.717) is 0 Å². The average molecular weight is 707 g/mol. The van der Waals surface area contributed by atoms with Crippen molar-refractivity contribution < 1.29 is 0 Å². The highest BCUT2D eigenvalue weighted by Gasteiger charge is 2.46. The average Bonchev–Trinajstić information content (AvgIpc) is 3.23. The molecule has 8 aromatic carbocycles. The molecule has 0 bridgehead atoms. The first-order valence-corrected chi connectivity index (χ1v) is 20.9. The van der Waals surface area contributed by atoms with Gasteiger partial charge in [-0.25, -0.2) is 0 Å². The molecule has 2 nitrogen and oxygen atoms in total. The Balaban J connectivity index is 1.29. The maximum absolute atomic E-state index is 2.79. The van der Waals surface area contributed by atoms with Crippen LogP contribution in [0.5, 0.6) is 0 Å². The van der Waals surface area contributed by atoms with Crippen molar-refractivity contribution in [2.24, 2.45) is 0 Å². The molecule has 2 aliphatic rings. The van der Waals surface area contributed by atoms with Gasteiger partial charge in [0.05, 0.1) is 0 Å². The maximum atomic E-state index is 2.55. The molecule has 0 unspecified atom stereocenters. The molecule has 0 N–H and O–H groups in total. The van der Waals surface area contributed by atoms with Crippen molar-refractivity contribution in [3.63, 3.8) is 0 Å². The number of nitrogens with zero attached hydrogens (tertiary/aromatic N) is 2. The number of para-hydroxylation sites is 1. The van der Waals surface area contributed by atoms with Crippen LogP contribution in [0.1, 0.15) is 11.1 Å². The molecule has 0 spiro atoms. The lowest BCUT2D eigenvalue weighted by Crippen LogP contribution is -2.75. The molecule has 54 heavy (non-hydrogen) atoms. The molecule has 0 aliphatic carbocycles. The van der Waals surface area contributed by atoms with Crippen molar-refractivity contribution in [2.45, 2.75) is 13.8 Å². The Morgan fingerprint density at radius 2 is 0.778 bits per heavy atom. The van der Waals surface area contributed by atoms with Crippen LogP contribution in [-0.2, 0) is 0 Å². The zero-order valence-electron chi connectivity index (χ0n) is 30.5. The second-order valence-corrected chi connectivity index (χ2v) is 18.5. The first kappa shape index (κ1) is 32.3. The number of hydrogen-bond donors (Lipinski definition) is 0. The van der Waals surface area contributed by atoms with Gasteiger partial charge >= 0.3 is 0 Å². The molecule has 2 aliphatic heterocycles. The SMILES string of the molecule is Cc1ccc(N2c3ccccc3B3c4ccc([Si](c5ccccc5)(c5ccccc5)c5ccccc5)cc4N(c4ccc(C)cc4)c4cccc2c43)cc1. The predicted octanol–water partition coefficient (Wildman–Crippen LogP) is 7.76. The molecule has 0 saturated heterocycles. The molecule has 10 rings (SSSR count). The molecule has 0 amide bonds. The summed E-state index contributed by atoms with van der Waals surface area (Å²) in [5.74, 6) is 0. The van der Waals surface area contributed by atoms with Crippen LogP contribution in [0, 0.1) is 13.8 Å². The van der Waals surface area contributed by atoms with Crippen molar-refractivity contribution in [2.75, 3.05) is 9.80 Å². The summed E-state index contributed by atoms with van der Waals surface area (Å²) in [7, 11) is -2.79. The second kappa shape index (κ2) is 12.9. The maximum Gasteiger partial charge on any atom is 0.252 e. The van der Waals surface area contributed by atoms with E-state index < -0.39 is 8.07 Å². The van der Waals surface area contributed by atoms with Crippen molar-refractivity contribution >= 4 is 86.0 Å². The van der Waals surface area contributed by atoms with Crippen LogP contribution in [-0.4, -0.2) is 14.8 Å². The van der Waals surface area contributed by atoms with E-state index in [1.54, 1.807) is 0 Å². The lowest BCUT2D eigenvalue weighted by Gasteiger charge is -2.44. The van der Waals surface area contributed by atoms with Crippen molar-refractivity contribution in [1.82, 2.24) is 0 Å². The van der Waals surface area contributed by atoms with E-state index >= 15 is 0 Å². The monoisotopic (exact) mass is 706 g/mol. The summed E-state index contributed by atoms with van der Waals surface area (Å²) in [5, 5.41) is 5.49. The van der Waals surface area contributed by atoms with Crippen LogP contribution < -0.4 is 46.9 Å². The fraction of sp³-hybridized carbons (Fsp3) is 0.0400. The number of anilines is 6. The fourth-order valence-corrected chi connectivity index (χ4v) is 13.9. The van der Waals surface area contributed by atoms with Crippen molar-refractivity contribution in [3.05, 3.63) is 211 Å². The molecule has 0 saturated carbocycles. The topological polar surface area (TPSA) is 6.48 Å². The largest absolute Gasteiger partial charge is 0.311 e. The van der Waals surface area contributed by atoms with Crippen molar-refractivity contribution in [3.8, 4) is 0 Å². The molecule has 0 aromatic heterocycles. The highest BCUT2D eigenvalue weighted by Crippen LogP contribution is 2.43. The fourth-order valence-electron chi connectivity index (χ4n) is 9.12. The number of rotatable bonds is 6. The van der Waals surface area contributed by atoms with E-state index in [1.165, 1.54) is 76.7 Å². The summed E-state index contributed by atoms with van der Waals surface area (Å²) in [5.41, 5.74) is 13.8. The Morgan fingerprint density at radius 1 is 0.352 bits per heavy atom. The van der Waals surface area contributed by atoms with Crippen LogP contribution in [0.4, 0.5) is 34.1 Å². The number of fused-ring (bicyclic) bond motifs is 4. The second-order valence-electron chi connectivity index (χ2n) is 14.7. The van der Waals surface area contributed by atoms with Gasteiger partial charge in [-0.3, -0.25) is 0 Å². The summed E-state index contributed by atoms with van der Waals surface area (Å²) in [6.07, 6.45) is 0. The Kier molecular flexibility index (Phi) is 7.74. The Bertz CT molecular complexity index is 2530. The third kappa shape index (κ3) is 4.94. The van der Waals surface area contributed by atoms with Gasteiger partial charge in [-0.15, -0.1) is 0 Å². The summed E-state index contributed by atoms with van der Waals surface area (Å²) in [6.45, 7) is 4.40. The zero-order valence-corrected chi connectivity index (χ0v) is 31.5. The lowest BCUT2D eigenvalue weighted by molar-refractivity contribution is 1.25. The third-order valence-corrected chi connectivity index (χ3v) is 16.3.